The predicted octanol–water partition coefficient (Wildman–Crippen LogP) is 3.32. The van der Waals surface area contributed by atoms with Crippen molar-refractivity contribution < 1.29 is 28.5 Å². The third-order valence-corrected chi connectivity index (χ3v) is 6.18. The Hall–Kier alpha value is -3.94. The Morgan fingerprint density at radius 3 is 1.56 bits per heavy atom. The van der Waals surface area contributed by atoms with E-state index in [1.807, 2.05) is 50.2 Å². The number of benzene rings is 2. The molecule has 0 spiro atoms. The van der Waals surface area contributed by atoms with Crippen LogP contribution in [0.3, 0.4) is 0 Å². The first-order chi connectivity index (χ1) is 16.5. The number of hydrogen-bond acceptors (Lipinski definition) is 6. The average molecular weight is 463 g/mol. The van der Waals surface area contributed by atoms with Crippen molar-refractivity contribution in [3.8, 4) is 23.0 Å². The van der Waals surface area contributed by atoms with Gasteiger partial charge in [-0.05, 0) is 61.4 Å². The molecule has 3 aliphatic rings. The Morgan fingerprint density at radius 2 is 1.12 bits per heavy atom. The van der Waals surface area contributed by atoms with Crippen LogP contribution in [0.5, 0.6) is 23.0 Å². The second-order valence-corrected chi connectivity index (χ2v) is 8.57. The van der Waals surface area contributed by atoms with Crippen LogP contribution >= 0.6 is 0 Å². The zero-order chi connectivity index (χ0) is 23.7. The summed E-state index contributed by atoms with van der Waals surface area (Å²) in [5.74, 6) is 2.61. The zero-order valence-electron chi connectivity index (χ0n) is 19.1. The standard InChI is InChI=1S/C26H26N2O6/c1-17-13-28(26(30)10-6-20-4-8-22-24(12-20)34-16-32-22)18(2)14-27(17)25(29)9-5-19-3-7-21-23(11-19)33-15-31-21/h3-12,17-18H,13-16H2,1-2H3/b9-5+,10-6+/t17-,18-/m1/s1. The van der Waals surface area contributed by atoms with Crippen LogP contribution in [0.2, 0.25) is 0 Å². The molecule has 2 aromatic rings. The fourth-order valence-corrected chi connectivity index (χ4v) is 4.30. The second kappa shape index (κ2) is 9.13. The summed E-state index contributed by atoms with van der Waals surface area (Å²) in [6.45, 7) is 5.28. The first kappa shape index (κ1) is 21.9. The molecule has 0 bridgehead atoms. The van der Waals surface area contributed by atoms with E-state index < -0.39 is 0 Å². The molecule has 2 amide bonds. The van der Waals surface area contributed by atoms with Gasteiger partial charge in [0.05, 0.1) is 0 Å². The summed E-state index contributed by atoms with van der Waals surface area (Å²) in [4.78, 5) is 29.4. The van der Waals surface area contributed by atoms with Crippen molar-refractivity contribution in [3.05, 3.63) is 59.7 Å². The first-order valence-corrected chi connectivity index (χ1v) is 11.2. The second-order valence-electron chi connectivity index (χ2n) is 8.57. The third-order valence-electron chi connectivity index (χ3n) is 6.18. The fourth-order valence-electron chi connectivity index (χ4n) is 4.30. The number of carbonyl (C=O) groups excluding carboxylic acids is 2. The van der Waals surface area contributed by atoms with Crippen LogP contribution < -0.4 is 18.9 Å². The van der Waals surface area contributed by atoms with Gasteiger partial charge in [0.25, 0.3) is 0 Å². The molecule has 2 aromatic carbocycles. The van der Waals surface area contributed by atoms with Gasteiger partial charge in [0.2, 0.25) is 25.4 Å². The minimum Gasteiger partial charge on any atom is -0.454 e. The number of nitrogens with zero attached hydrogens (tertiary/aromatic N) is 2. The lowest BCUT2D eigenvalue weighted by atomic mass is 10.1. The monoisotopic (exact) mass is 462 g/mol. The van der Waals surface area contributed by atoms with Gasteiger partial charge in [-0.3, -0.25) is 9.59 Å². The zero-order valence-corrected chi connectivity index (χ0v) is 19.1. The van der Waals surface area contributed by atoms with E-state index >= 15 is 0 Å². The van der Waals surface area contributed by atoms with Gasteiger partial charge in [0.15, 0.2) is 23.0 Å². The summed E-state index contributed by atoms with van der Waals surface area (Å²) in [7, 11) is 0. The van der Waals surface area contributed by atoms with E-state index in [0.717, 1.165) is 11.1 Å². The van der Waals surface area contributed by atoms with Gasteiger partial charge in [0.1, 0.15) is 0 Å². The molecule has 0 radical (unpaired) electrons. The number of piperazine rings is 1. The Morgan fingerprint density at radius 1 is 0.706 bits per heavy atom. The van der Waals surface area contributed by atoms with E-state index in [0.29, 0.717) is 36.1 Å². The molecule has 0 aromatic heterocycles. The van der Waals surface area contributed by atoms with Crippen molar-refractivity contribution in [2.75, 3.05) is 26.7 Å². The van der Waals surface area contributed by atoms with Gasteiger partial charge in [-0.2, -0.15) is 0 Å². The van der Waals surface area contributed by atoms with E-state index in [9.17, 15) is 9.59 Å². The maximum Gasteiger partial charge on any atom is 0.246 e. The highest BCUT2D eigenvalue weighted by Crippen LogP contribution is 2.33. The predicted molar refractivity (Wildman–Crippen MR) is 126 cm³/mol. The molecule has 3 heterocycles. The summed E-state index contributed by atoms with van der Waals surface area (Å²) in [5, 5.41) is 0. The largest absolute Gasteiger partial charge is 0.454 e. The molecule has 3 aliphatic heterocycles. The van der Waals surface area contributed by atoms with E-state index in [1.165, 1.54) is 0 Å². The number of fused-ring (bicyclic) bond motifs is 2. The summed E-state index contributed by atoms with van der Waals surface area (Å²) in [6, 6.07) is 10.9. The van der Waals surface area contributed by atoms with Crippen LogP contribution in [0, 0.1) is 0 Å². The molecule has 8 heteroatoms. The molecule has 8 nitrogen and oxygen atoms in total. The minimum absolute atomic E-state index is 0.0833. The summed E-state index contributed by atoms with van der Waals surface area (Å²) >= 11 is 0. The molecular formula is C26H26N2O6. The van der Waals surface area contributed by atoms with Crippen LogP contribution in [0.4, 0.5) is 0 Å². The van der Waals surface area contributed by atoms with Crippen LogP contribution in [0.1, 0.15) is 25.0 Å². The van der Waals surface area contributed by atoms with Gasteiger partial charge in [-0.1, -0.05) is 12.1 Å². The van der Waals surface area contributed by atoms with Crippen LogP contribution in [-0.2, 0) is 9.59 Å². The number of ether oxygens (including phenoxy) is 4. The molecule has 2 atom stereocenters. The van der Waals surface area contributed by atoms with E-state index in [-0.39, 0.29) is 37.5 Å². The lowest BCUT2D eigenvalue weighted by Crippen LogP contribution is -2.59. The lowest BCUT2D eigenvalue weighted by Gasteiger charge is -2.43. The Balaban J connectivity index is 1.20. The van der Waals surface area contributed by atoms with Gasteiger partial charge in [-0.25, -0.2) is 0 Å². The van der Waals surface area contributed by atoms with Crippen molar-refractivity contribution in [2.24, 2.45) is 0 Å². The minimum atomic E-state index is -0.104. The van der Waals surface area contributed by atoms with Crippen LogP contribution in [-0.4, -0.2) is 60.4 Å². The van der Waals surface area contributed by atoms with E-state index in [2.05, 4.69) is 0 Å². The maximum atomic E-state index is 12.9. The highest BCUT2D eigenvalue weighted by atomic mass is 16.7. The molecule has 1 fully saturated rings. The summed E-state index contributed by atoms with van der Waals surface area (Å²) in [5.41, 5.74) is 1.72. The van der Waals surface area contributed by atoms with Crippen molar-refractivity contribution in [2.45, 2.75) is 25.9 Å². The van der Waals surface area contributed by atoms with Gasteiger partial charge in [-0.15, -0.1) is 0 Å². The summed E-state index contributed by atoms with van der Waals surface area (Å²) < 4.78 is 21.4. The van der Waals surface area contributed by atoms with Crippen molar-refractivity contribution in [3.63, 3.8) is 0 Å². The highest BCUT2D eigenvalue weighted by molar-refractivity contribution is 5.94. The Labute approximate surface area is 197 Å². The highest BCUT2D eigenvalue weighted by Gasteiger charge is 2.32. The quantitative estimate of drug-likeness (QED) is 0.649. The molecule has 34 heavy (non-hydrogen) atoms. The third kappa shape index (κ3) is 4.44. The molecule has 5 rings (SSSR count). The molecule has 0 saturated carbocycles. The smallest absolute Gasteiger partial charge is 0.246 e. The topological polar surface area (TPSA) is 77.5 Å². The number of carbonyl (C=O) groups is 2. The van der Waals surface area contributed by atoms with Gasteiger partial charge >= 0.3 is 0 Å². The summed E-state index contributed by atoms with van der Waals surface area (Å²) in [6.07, 6.45) is 6.68. The number of rotatable bonds is 4. The normalized spacial score (nSPS) is 21.0. The number of amides is 2. The molecule has 1 saturated heterocycles. The fraction of sp³-hybridized carbons (Fsp3) is 0.308. The van der Waals surface area contributed by atoms with Gasteiger partial charge < -0.3 is 28.7 Å². The van der Waals surface area contributed by atoms with E-state index in [1.54, 1.807) is 34.1 Å². The van der Waals surface area contributed by atoms with Crippen molar-refractivity contribution >= 4 is 24.0 Å². The maximum absolute atomic E-state index is 12.9. The molecule has 176 valence electrons. The van der Waals surface area contributed by atoms with Gasteiger partial charge in [0, 0.05) is 37.3 Å². The van der Waals surface area contributed by atoms with Crippen molar-refractivity contribution in [1.29, 1.82) is 0 Å². The first-order valence-electron chi connectivity index (χ1n) is 11.2. The van der Waals surface area contributed by atoms with E-state index in [4.69, 9.17) is 18.9 Å². The molecule has 0 aliphatic carbocycles. The van der Waals surface area contributed by atoms with Crippen LogP contribution in [0.15, 0.2) is 48.6 Å². The van der Waals surface area contributed by atoms with Crippen LogP contribution in [0.25, 0.3) is 12.2 Å². The Kier molecular flexibility index (Phi) is 5.88. The lowest BCUT2D eigenvalue weighted by molar-refractivity contribution is -0.139. The molecule has 0 unspecified atom stereocenters. The average Bonchev–Trinajstić information content (AvgIpc) is 3.50. The SMILES string of the molecule is C[C@@H]1CN(C(=O)/C=C/c2ccc3c(c2)OCO3)[C@H](C)CN1C(=O)/C=C/c1ccc2c(c1)OCO2. The molecule has 0 N–H and O–H groups in total. The Bertz CT molecular complexity index is 1080. The molecular weight excluding hydrogens is 436 g/mol. The number of hydrogen-bond donors (Lipinski definition) is 0. The van der Waals surface area contributed by atoms with Crippen molar-refractivity contribution in [1.82, 2.24) is 9.80 Å².